The number of carbonyl (C=O) groups excluding carboxylic acids is 2. The zero-order chi connectivity index (χ0) is 26.2. The fraction of sp³-hybridized carbons (Fsp3) is 0.286. The molecule has 190 valence electrons. The van der Waals surface area contributed by atoms with Crippen LogP contribution in [0.25, 0.3) is 0 Å². The van der Waals surface area contributed by atoms with Crippen molar-refractivity contribution < 1.29 is 9.59 Å². The lowest BCUT2D eigenvalue weighted by Crippen LogP contribution is -2.51. The van der Waals surface area contributed by atoms with Crippen LogP contribution in [-0.4, -0.2) is 29.3 Å². The summed E-state index contributed by atoms with van der Waals surface area (Å²) in [6, 6.07) is 19.1. The molecule has 1 atom stereocenters. The number of benzene rings is 3. The molecule has 8 heteroatoms. The first kappa shape index (κ1) is 28.3. The fourth-order valence-electron chi connectivity index (χ4n) is 3.77. The van der Waals surface area contributed by atoms with Crippen LogP contribution in [0.2, 0.25) is 20.1 Å². The van der Waals surface area contributed by atoms with E-state index in [0.29, 0.717) is 38.6 Å². The largest absolute Gasteiger partial charge is 0.354 e. The van der Waals surface area contributed by atoms with Gasteiger partial charge in [0.2, 0.25) is 11.8 Å². The second-order valence-corrected chi connectivity index (χ2v) is 10.6. The standard InChI is InChI=1S/C28H28Cl4N2O2/c1-18(2)16-33-28(36)26(14-19-7-4-3-5-8-19)34(17-20-11-12-24(31)25(32)13-20)27(35)15-21-22(29)9-6-10-23(21)30/h3-13,18,26H,14-17H2,1-2H3,(H,33,36)/t26-/m0/s1. The molecule has 0 heterocycles. The topological polar surface area (TPSA) is 49.4 Å². The Morgan fingerprint density at radius 3 is 2.08 bits per heavy atom. The first-order valence-corrected chi connectivity index (χ1v) is 13.1. The van der Waals surface area contributed by atoms with Gasteiger partial charge >= 0.3 is 0 Å². The average Bonchev–Trinajstić information content (AvgIpc) is 2.84. The number of amides is 2. The minimum Gasteiger partial charge on any atom is -0.354 e. The van der Waals surface area contributed by atoms with Gasteiger partial charge in [0, 0.05) is 29.6 Å². The van der Waals surface area contributed by atoms with E-state index in [0.717, 1.165) is 11.1 Å². The lowest BCUT2D eigenvalue weighted by Gasteiger charge is -2.32. The lowest BCUT2D eigenvalue weighted by atomic mass is 10.0. The van der Waals surface area contributed by atoms with Crippen molar-refractivity contribution in [2.24, 2.45) is 5.92 Å². The van der Waals surface area contributed by atoms with Crippen LogP contribution >= 0.6 is 46.4 Å². The maximum atomic E-state index is 13.8. The Morgan fingerprint density at radius 2 is 1.47 bits per heavy atom. The molecule has 0 radical (unpaired) electrons. The summed E-state index contributed by atoms with van der Waals surface area (Å²) in [5.74, 6) is -0.254. The number of carbonyl (C=O) groups is 2. The molecule has 0 saturated carbocycles. The van der Waals surface area contributed by atoms with Crippen molar-refractivity contribution in [3.8, 4) is 0 Å². The normalized spacial score (nSPS) is 11.9. The Labute approximate surface area is 232 Å². The van der Waals surface area contributed by atoms with Crippen molar-refractivity contribution in [1.82, 2.24) is 10.2 Å². The molecule has 0 spiro atoms. The Kier molecular flexibility index (Phi) is 10.5. The predicted octanol–water partition coefficient (Wildman–Crippen LogP) is 7.26. The minimum atomic E-state index is -0.769. The van der Waals surface area contributed by atoms with Gasteiger partial charge in [-0.15, -0.1) is 0 Å². The van der Waals surface area contributed by atoms with E-state index >= 15 is 0 Å². The molecule has 0 aromatic heterocycles. The molecule has 0 aliphatic carbocycles. The second kappa shape index (κ2) is 13.3. The van der Waals surface area contributed by atoms with E-state index in [1.54, 1.807) is 41.3 Å². The van der Waals surface area contributed by atoms with Crippen LogP contribution in [0.15, 0.2) is 66.7 Å². The maximum Gasteiger partial charge on any atom is 0.243 e. The first-order chi connectivity index (χ1) is 17.2. The van der Waals surface area contributed by atoms with E-state index in [9.17, 15) is 9.59 Å². The molecule has 3 aromatic rings. The highest BCUT2D eigenvalue weighted by atomic mass is 35.5. The fourth-order valence-corrected chi connectivity index (χ4v) is 4.62. The highest BCUT2D eigenvalue weighted by Gasteiger charge is 2.31. The van der Waals surface area contributed by atoms with Crippen LogP contribution in [0.5, 0.6) is 0 Å². The van der Waals surface area contributed by atoms with Crippen molar-refractivity contribution >= 4 is 58.2 Å². The molecule has 0 bridgehead atoms. The van der Waals surface area contributed by atoms with Gasteiger partial charge in [-0.3, -0.25) is 9.59 Å². The van der Waals surface area contributed by atoms with Gasteiger partial charge in [-0.1, -0.05) is 103 Å². The summed E-state index contributed by atoms with van der Waals surface area (Å²) < 4.78 is 0. The summed E-state index contributed by atoms with van der Waals surface area (Å²) in [6.07, 6.45) is 0.288. The smallest absolute Gasteiger partial charge is 0.243 e. The first-order valence-electron chi connectivity index (χ1n) is 11.6. The molecule has 1 N–H and O–H groups in total. The third-order valence-corrected chi connectivity index (χ3v) is 7.13. The number of nitrogens with one attached hydrogen (secondary N) is 1. The SMILES string of the molecule is CC(C)CNC(=O)[C@H](Cc1ccccc1)N(Cc1ccc(Cl)c(Cl)c1)C(=O)Cc1c(Cl)cccc1Cl. The van der Waals surface area contributed by atoms with E-state index in [4.69, 9.17) is 46.4 Å². The minimum absolute atomic E-state index is 0.0530. The Balaban J connectivity index is 2.01. The molecule has 0 saturated heterocycles. The summed E-state index contributed by atoms with van der Waals surface area (Å²) in [5, 5.41) is 4.58. The molecule has 3 aromatic carbocycles. The Hall–Kier alpha value is -2.24. The summed E-state index contributed by atoms with van der Waals surface area (Å²) in [7, 11) is 0. The van der Waals surface area contributed by atoms with Crippen LogP contribution in [0.1, 0.15) is 30.5 Å². The van der Waals surface area contributed by atoms with E-state index in [-0.39, 0.29) is 30.7 Å². The van der Waals surface area contributed by atoms with E-state index in [2.05, 4.69) is 5.32 Å². The maximum absolute atomic E-state index is 13.8. The van der Waals surface area contributed by atoms with Gasteiger partial charge in [0.1, 0.15) is 6.04 Å². The quantitative estimate of drug-likeness (QED) is 0.281. The van der Waals surface area contributed by atoms with Crippen molar-refractivity contribution in [2.45, 2.75) is 39.3 Å². The predicted molar refractivity (Wildman–Crippen MR) is 149 cm³/mol. The van der Waals surface area contributed by atoms with E-state index in [1.165, 1.54) is 0 Å². The highest BCUT2D eigenvalue weighted by molar-refractivity contribution is 6.42. The van der Waals surface area contributed by atoms with Gasteiger partial charge in [-0.05, 0) is 46.9 Å². The van der Waals surface area contributed by atoms with Crippen LogP contribution in [0, 0.1) is 5.92 Å². The molecule has 0 aliphatic rings. The third-order valence-electron chi connectivity index (χ3n) is 5.68. The van der Waals surface area contributed by atoms with Gasteiger partial charge < -0.3 is 10.2 Å². The highest BCUT2D eigenvalue weighted by Crippen LogP contribution is 2.28. The van der Waals surface area contributed by atoms with Gasteiger partial charge in [-0.25, -0.2) is 0 Å². The van der Waals surface area contributed by atoms with Crippen molar-refractivity contribution in [3.05, 3.63) is 104 Å². The molecule has 4 nitrogen and oxygen atoms in total. The summed E-state index contributed by atoms with van der Waals surface area (Å²) in [4.78, 5) is 28.9. The van der Waals surface area contributed by atoms with Gasteiger partial charge in [-0.2, -0.15) is 0 Å². The average molecular weight is 566 g/mol. The third kappa shape index (κ3) is 7.88. The molecule has 2 amide bonds. The Bertz CT molecular complexity index is 1180. The molecule has 0 unspecified atom stereocenters. The van der Waals surface area contributed by atoms with Gasteiger partial charge in [0.05, 0.1) is 16.5 Å². The number of hydrogen-bond donors (Lipinski definition) is 1. The molecular formula is C28H28Cl4N2O2. The van der Waals surface area contributed by atoms with Gasteiger partial charge in [0.25, 0.3) is 0 Å². The molecule has 3 rings (SSSR count). The molecule has 0 aliphatic heterocycles. The van der Waals surface area contributed by atoms with Crippen molar-refractivity contribution in [2.75, 3.05) is 6.54 Å². The molecule has 0 fully saturated rings. The van der Waals surface area contributed by atoms with Crippen LogP contribution in [0.4, 0.5) is 0 Å². The second-order valence-electron chi connectivity index (χ2n) is 8.99. The van der Waals surface area contributed by atoms with Crippen LogP contribution in [0.3, 0.4) is 0 Å². The number of rotatable bonds is 10. The zero-order valence-electron chi connectivity index (χ0n) is 20.1. The van der Waals surface area contributed by atoms with E-state index in [1.807, 2.05) is 44.2 Å². The van der Waals surface area contributed by atoms with E-state index < -0.39 is 6.04 Å². The number of nitrogens with zero attached hydrogens (tertiary/aromatic N) is 1. The summed E-state index contributed by atoms with van der Waals surface area (Å²) >= 11 is 25.1. The van der Waals surface area contributed by atoms with Crippen molar-refractivity contribution in [1.29, 1.82) is 0 Å². The molecule has 36 heavy (non-hydrogen) atoms. The summed E-state index contributed by atoms with van der Waals surface area (Å²) in [5.41, 5.74) is 2.20. The van der Waals surface area contributed by atoms with Crippen LogP contribution in [-0.2, 0) is 29.0 Å². The zero-order valence-corrected chi connectivity index (χ0v) is 23.1. The monoisotopic (exact) mass is 564 g/mol. The van der Waals surface area contributed by atoms with Gasteiger partial charge in [0.15, 0.2) is 0 Å². The summed E-state index contributed by atoms with van der Waals surface area (Å²) in [6.45, 7) is 4.69. The van der Waals surface area contributed by atoms with Crippen LogP contribution < -0.4 is 5.32 Å². The van der Waals surface area contributed by atoms with Crippen molar-refractivity contribution in [3.63, 3.8) is 0 Å². The Morgan fingerprint density at radius 1 is 0.806 bits per heavy atom. The number of halogens is 4. The number of hydrogen-bond acceptors (Lipinski definition) is 2. The lowest BCUT2D eigenvalue weighted by molar-refractivity contribution is -0.140. The molecular weight excluding hydrogens is 538 g/mol.